The van der Waals surface area contributed by atoms with E-state index in [0.29, 0.717) is 17.9 Å². The molecule has 7 heteroatoms. The first-order valence-corrected chi connectivity index (χ1v) is 11.7. The second kappa shape index (κ2) is 8.06. The maximum absolute atomic E-state index is 12.2. The molecule has 3 atom stereocenters. The summed E-state index contributed by atoms with van der Waals surface area (Å²) >= 11 is 0. The monoisotopic (exact) mass is 446 g/mol. The number of nitrogens with two attached hydrogens (primary N) is 1. The van der Waals surface area contributed by atoms with Gasteiger partial charge in [-0.2, -0.15) is 0 Å². The molecule has 0 bridgehead atoms. The summed E-state index contributed by atoms with van der Waals surface area (Å²) in [6.07, 6.45) is 7.20. The molecule has 0 unspecified atom stereocenters. The van der Waals surface area contributed by atoms with Crippen LogP contribution in [0.25, 0.3) is 10.8 Å². The van der Waals surface area contributed by atoms with E-state index in [9.17, 15) is 4.79 Å². The Bertz CT molecular complexity index is 1240. The maximum Gasteiger partial charge on any atom is 0.340 e. The zero-order chi connectivity index (χ0) is 23.3. The largest absolute Gasteiger partial charge is 0.474 e. The van der Waals surface area contributed by atoms with Crippen LogP contribution in [0, 0.1) is 0 Å². The van der Waals surface area contributed by atoms with Crippen LogP contribution in [0.3, 0.4) is 0 Å². The van der Waals surface area contributed by atoms with Gasteiger partial charge in [0.1, 0.15) is 12.2 Å². The predicted octanol–water partition coefficient (Wildman–Crippen LogP) is 4.40. The fourth-order valence-corrected chi connectivity index (χ4v) is 4.21. The van der Waals surface area contributed by atoms with Crippen LogP contribution in [-0.4, -0.2) is 33.1 Å². The van der Waals surface area contributed by atoms with Crippen LogP contribution >= 0.6 is 0 Å². The Morgan fingerprint density at radius 1 is 1.15 bits per heavy atom. The number of hydrogen-bond donors (Lipinski definition) is 1. The second-order valence-corrected chi connectivity index (χ2v) is 9.60. The maximum atomic E-state index is 12.2. The van der Waals surface area contributed by atoms with Crippen LogP contribution in [0.1, 0.15) is 85.9 Å². The highest BCUT2D eigenvalue weighted by Crippen LogP contribution is 2.36. The van der Waals surface area contributed by atoms with Gasteiger partial charge in [-0.15, -0.1) is 0 Å². The number of ether oxygens (including phenoxy) is 2. The Labute approximate surface area is 193 Å². The molecule has 2 N–H and O–H groups in total. The van der Waals surface area contributed by atoms with E-state index in [1.165, 1.54) is 0 Å². The van der Waals surface area contributed by atoms with Crippen molar-refractivity contribution in [2.45, 2.75) is 77.0 Å². The molecular weight excluding hydrogens is 416 g/mol. The molecule has 2 aliphatic rings. The van der Waals surface area contributed by atoms with Crippen molar-refractivity contribution < 1.29 is 14.3 Å². The van der Waals surface area contributed by atoms with Gasteiger partial charge in [0, 0.05) is 41.7 Å². The van der Waals surface area contributed by atoms with Crippen molar-refractivity contribution in [1.29, 1.82) is 0 Å². The van der Waals surface area contributed by atoms with Crippen molar-refractivity contribution in [1.82, 2.24) is 15.0 Å². The van der Waals surface area contributed by atoms with Crippen LogP contribution in [0.15, 0.2) is 30.6 Å². The summed E-state index contributed by atoms with van der Waals surface area (Å²) in [5, 5.41) is 1.90. The quantitative estimate of drug-likeness (QED) is 0.560. The normalized spacial score (nSPS) is 21.9. The summed E-state index contributed by atoms with van der Waals surface area (Å²) in [4.78, 5) is 26.3. The molecule has 5 rings (SSSR count). The van der Waals surface area contributed by atoms with Gasteiger partial charge in [-0.1, -0.05) is 13.8 Å². The molecule has 1 saturated carbocycles. The molecule has 0 aromatic carbocycles. The molecule has 0 saturated heterocycles. The van der Waals surface area contributed by atoms with Gasteiger partial charge >= 0.3 is 5.97 Å². The highest BCUT2D eigenvalue weighted by molar-refractivity contribution is 5.92. The molecule has 4 heterocycles. The van der Waals surface area contributed by atoms with Crippen molar-refractivity contribution in [3.63, 3.8) is 0 Å². The number of hydrogen-bond acceptors (Lipinski definition) is 7. The molecule has 0 amide bonds. The smallest absolute Gasteiger partial charge is 0.340 e. The molecule has 0 radical (unpaired) electrons. The van der Waals surface area contributed by atoms with Crippen molar-refractivity contribution in [3.05, 3.63) is 58.8 Å². The number of carbonyl (C=O) groups excluding carboxylic acids is 1. The standard InChI is InChI=1S/C26H30N4O3/c1-5-26(4,27)22-13-29-24(33-18-7-8-18)21-12-28-17(11-20(21)22)10-16-6-9-19-23(30-16)14(2)15(3)32-25(19)31/h6,9,11-15,18H,5,7-8,10,27H2,1-4H3/t14-,15+,26+/m1/s1. The number of rotatable bonds is 6. The van der Waals surface area contributed by atoms with Crippen molar-refractivity contribution in [2.24, 2.45) is 5.73 Å². The number of nitrogens with zero attached hydrogens (tertiary/aromatic N) is 3. The highest BCUT2D eigenvalue weighted by atomic mass is 16.5. The van der Waals surface area contributed by atoms with Crippen LogP contribution < -0.4 is 10.5 Å². The zero-order valence-electron chi connectivity index (χ0n) is 19.6. The Morgan fingerprint density at radius 3 is 2.67 bits per heavy atom. The zero-order valence-corrected chi connectivity index (χ0v) is 19.6. The third-order valence-electron chi connectivity index (χ3n) is 6.94. The number of esters is 1. The second-order valence-electron chi connectivity index (χ2n) is 9.60. The first-order chi connectivity index (χ1) is 15.8. The third kappa shape index (κ3) is 4.06. The molecule has 0 spiro atoms. The lowest BCUT2D eigenvalue weighted by Crippen LogP contribution is -2.32. The summed E-state index contributed by atoms with van der Waals surface area (Å²) in [5.41, 5.74) is 10.2. The molecule has 1 aliphatic carbocycles. The summed E-state index contributed by atoms with van der Waals surface area (Å²) < 4.78 is 11.5. The molecule has 7 nitrogen and oxygen atoms in total. The summed E-state index contributed by atoms with van der Waals surface area (Å²) in [5.74, 6) is 0.362. The fraction of sp³-hybridized carbons (Fsp3) is 0.462. The van der Waals surface area contributed by atoms with Crippen molar-refractivity contribution in [3.8, 4) is 5.88 Å². The lowest BCUT2D eigenvalue weighted by Gasteiger charge is -2.27. The van der Waals surface area contributed by atoms with E-state index in [1.807, 2.05) is 45.3 Å². The molecule has 1 aliphatic heterocycles. The summed E-state index contributed by atoms with van der Waals surface area (Å²) in [7, 11) is 0. The average molecular weight is 447 g/mol. The van der Waals surface area contributed by atoms with Gasteiger partial charge in [-0.25, -0.2) is 9.78 Å². The molecular formula is C26H30N4O3. The van der Waals surface area contributed by atoms with E-state index >= 15 is 0 Å². The molecule has 33 heavy (non-hydrogen) atoms. The van der Waals surface area contributed by atoms with Gasteiger partial charge in [0.25, 0.3) is 0 Å². The minimum Gasteiger partial charge on any atom is -0.474 e. The van der Waals surface area contributed by atoms with Crippen LogP contribution in [0.4, 0.5) is 0 Å². The van der Waals surface area contributed by atoms with E-state index in [2.05, 4.69) is 18.0 Å². The average Bonchev–Trinajstić information content (AvgIpc) is 3.61. The van der Waals surface area contributed by atoms with Crippen LogP contribution in [0.2, 0.25) is 0 Å². The molecule has 1 fully saturated rings. The van der Waals surface area contributed by atoms with E-state index in [-0.39, 0.29) is 24.1 Å². The van der Waals surface area contributed by atoms with Crippen molar-refractivity contribution in [2.75, 3.05) is 0 Å². The van der Waals surface area contributed by atoms with Gasteiger partial charge in [-0.05, 0) is 62.3 Å². The lowest BCUT2D eigenvalue weighted by molar-refractivity contribution is 0.0234. The van der Waals surface area contributed by atoms with E-state index in [4.69, 9.17) is 25.2 Å². The first-order valence-electron chi connectivity index (χ1n) is 11.7. The fourth-order valence-electron chi connectivity index (χ4n) is 4.21. The van der Waals surface area contributed by atoms with Gasteiger partial charge in [-0.3, -0.25) is 9.97 Å². The van der Waals surface area contributed by atoms with E-state index in [1.54, 1.807) is 0 Å². The minimum atomic E-state index is -0.516. The molecule has 172 valence electrons. The SMILES string of the molecule is CC[C@](C)(N)c1cnc(OC2CC2)c2cnc(Cc3ccc4c(n3)[C@H](C)[C@H](C)OC4=O)cc12. The number of carbonyl (C=O) groups is 1. The topological polar surface area (TPSA) is 100 Å². The Balaban J connectivity index is 1.54. The van der Waals surface area contributed by atoms with E-state index < -0.39 is 5.54 Å². The Hall–Kier alpha value is -3.06. The van der Waals surface area contributed by atoms with Crippen LogP contribution in [-0.2, 0) is 16.7 Å². The van der Waals surface area contributed by atoms with Gasteiger partial charge in [0.2, 0.25) is 5.88 Å². The number of cyclic esters (lactones) is 1. The minimum absolute atomic E-state index is 0.0459. The van der Waals surface area contributed by atoms with E-state index in [0.717, 1.165) is 52.7 Å². The number of pyridine rings is 3. The molecule has 3 aromatic rings. The Morgan fingerprint density at radius 2 is 1.94 bits per heavy atom. The van der Waals surface area contributed by atoms with Crippen molar-refractivity contribution >= 4 is 16.7 Å². The Kier molecular flexibility index (Phi) is 5.32. The highest BCUT2D eigenvalue weighted by Gasteiger charge is 2.32. The van der Waals surface area contributed by atoms with Gasteiger partial charge in [0.05, 0.1) is 16.6 Å². The van der Waals surface area contributed by atoms with Gasteiger partial charge < -0.3 is 15.2 Å². The first kappa shape index (κ1) is 21.8. The third-order valence-corrected chi connectivity index (χ3v) is 6.94. The summed E-state index contributed by atoms with van der Waals surface area (Å²) in [6.45, 7) is 8.04. The predicted molar refractivity (Wildman–Crippen MR) is 125 cm³/mol. The van der Waals surface area contributed by atoms with Gasteiger partial charge in [0.15, 0.2) is 0 Å². The van der Waals surface area contributed by atoms with Crippen LogP contribution in [0.5, 0.6) is 5.88 Å². The number of fused-ring (bicyclic) bond motifs is 2. The summed E-state index contributed by atoms with van der Waals surface area (Å²) in [6, 6.07) is 5.77. The number of aromatic nitrogens is 3. The molecule has 3 aromatic heterocycles. The lowest BCUT2D eigenvalue weighted by atomic mass is 9.88.